The van der Waals surface area contributed by atoms with Crippen LogP contribution >= 0.6 is 0 Å². The Hall–Kier alpha value is -1.39. The lowest BCUT2D eigenvalue weighted by Gasteiger charge is -2.06. The maximum absolute atomic E-state index is 11.5. The average Bonchev–Trinajstić information content (AvgIpc) is 2.29. The van der Waals surface area contributed by atoms with E-state index < -0.39 is 0 Å². The van der Waals surface area contributed by atoms with E-state index in [0.717, 1.165) is 12.1 Å². The first-order valence-electron chi connectivity index (χ1n) is 6.00. The van der Waals surface area contributed by atoms with Crippen molar-refractivity contribution >= 4 is 11.6 Å². The minimum atomic E-state index is -0.383. The second kappa shape index (κ2) is 7.04. The molecule has 0 aliphatic rings. The molecule has 1 aromatic carbocycles. The Morgan fingerprint density at radius 3 is 2.59 bits per heavy atom. The molecule has 4 heteroatoms. The molecule has 0 radical (unpaired) electrons. The molecule has 0 unspecified atom stereocenters. The molecule has 0 spiro atoms. The summed E-state index contributed by atoms with van der Waals surface area (Å²) in [5, 5.41) is 13.7. The van der Waals surface area contributed by atoms with Crippen LogP contribution in [0.1, 0.15) is 19.4 Å². The predicted molar refractivity (Wildman–Crippen MR) is 67.8 cm³/mol. The number of nitrogens with two attached hydrogens (primary N) is 1. The first kappa shape index (κ1) is 13.7. The quantitative estimate of drug-likeness (QED) is 0.658. The van der Waals surface area contributed by atoms with Gasteiger partial charge in [0.2, 0.25) is 0 Å². The monoisotopic (exact) mass is 237 g/mol. The fraction of sp³-hybridized carbons (Fsp3) is 0.462. The Bertz CT molecular complexity index is 347. The lowest BCUT2D eigenvalue weighted by molar-refractivity contribution is -0.649. The van der Waals surface area contributed by atoms with Crippen molar-refractivity contribution in [3.05, 3.63) is 29.8 Å². The van der Waals surface area contributed by atoms with E-state index in [1.165, 1.54) is 5.56 Å². The fourth-order valence-corrected chi connectivity index (χ4v) is 1.49. The van der Waals surface area contributed by atoms with Crippen LogP contribution in [-0.2, 0) is 11.2 Å². The molecular weight excluding hydrogens is 216 g/mol. The normalized spacial score (nSPS) is 12.2. The van der Waals surface area contributed by atoms with Gasteiger partial charge in [0.15, 0.2) is 6.54 Å². The number of rotatable bonds is 6. The Morgan fingerprint density at radius 2 is 2.06 bits per heavy atom. The second-order valence-corrected chi connectivity index (χ2v) is 4.18. The van der Waals surface area contributed by atoms with Crippen LogP contribution in [0.3, 0.4) is 0 Å². The summed E-state index contributed by atoms with van der Waals surface area (Å²) in [6.45, 7) is 4.68. The minimum absolute atomic E-state index is 0.0464. The molecule has 0 saturated carbocycles. The number of nitrogens with one attached hydrogen (secondary N) is 1. The summed E-state index contributed by atoms with van der Waals surface area (Å²) in [4.78, 5) is 11.5. The molecule has 0 aliphatic heterocycles. The minimum Gasteiger partial charge on any atom is -0.388 e. The zero-order valence-electron chi connectivity index (χ0n) is 10.4. The van der Waals surface area contributed by atoms with Crippen molar-refractivity contribution in [1.29, 1.82) is 0 Å². The Labute approximate surface area is 102 Å². The van der Waals surface area contributed by atoms with Gasteiger partial charge in [0.25, 0.3) is 5.91 Å². The second-order valence-electron chi connectivity index (χ2n) is 4.18. The molecule has 0 saturated heterocycles. The summed E-state index contributed by atoms with van der Waals surface area (Å²) in [6, 6.07) is 7.83. The number of hydrogen-bond donors (Lipinski definition) is 3. The smallest absolute Gasteiger partial charge is 0.279 e. The molecule has 0 aromatic heterocycles. The van der Waals surface area contributed by atoms with Crippen molar-refractivity contribution in [3.8, 4) is 0 Å². The van der Waals surface area contributed by atoms with E-state index in [-0.39, 0.29) is 12.0 Å². The molecule has 0 fully saturated rings. The summed E-state index contributed by atoms with van der Waals surface area (Å²) < 4.78 is 0. The van der Waals surface area contributed by atoms with Crippen molar-refractivity contribution in [2.24, 2.45) is 0 Å². The van der Waals surface area contributed by atoms with Crippen LogP contribution in [0.4, 0.5) is 5.69 Å². The summed E-state index contributed by atoms with van der Waals surface area (Å²) in [5.41, 5.74) is 2.07. The number of anilines is 1. The van der Waals surface area contributed by atoms with E-state index >= 15 is 0 Å². The maximum atomic E-state index is 11.5. The van der Waals surface area contributed by atoms with E-state index in [1.807, 2.05) is 24.3 Å². The van der Waals surface area contributed by atoms with Gasteiger partial charge in [0, 0.05) is 5.69 Å². The standard InChI is InChI=1S/C13H20N2O2/c1-3-11-4-6-12(7-5-11)15-13(17)9-14-8-10(2)16/h4-7,10,14,16H,3,8-9H2,1-2H3,(H,15,17)/p+1/t10-/m0/s1. The molecule has 0 bridgehead atoms. The Kier molecular flexibility index (Phi) is 5.66. The van der Waals surface area contributed by atoms with Gasteiger partial charge < -0.3 is 15.7 Å². The lowest BCUT2D eigenvalue weighted by Crippen LogP contribution is -2.88. The molecule has 4 N–H and O–H groups in total. The topological polar surface area (TPSA) is 65.9 Å². The van der Waals surface area contributed by atoms with Gasteiger partial charge in [-0.15, -0.1) is 0 Å². The zero-order valence-corrected chi connectivity index (χ0v) is 10.4. The number of carbonyl (C=O) groups is 1. The summed E-state index contributed by atoms with van der Waals surface area (Å²) in [7, 11) is 0. The van der Waals surface area contributed by atoms with Gasteiger partial charge in [-0.3, -0.25) is 4.79 Å². The summed E-state index contributed by atoms with van der Waals surface area (Å²) in [5.74, 6) is -0.0464. The summed E-state index contributed by atoms with van der Waals surface area (Å²) in [6.07, 6.45) is 0.614. The predicted octanol–water partition coefficient (Wildman–Crippen LogP) is 0.132. The van der Waals surface area contributed by atoms with Crippen molar-refractivity contribution in [2.75, 3.05) is 18.4 Å². The van der Waals surface area contributed by atoms with Crippen molar-refractivity contribution in [2.45, 2.75) is 26.4 Å². The molecule has 17 heavy (non-hydrogen) atoms. The largest absolute Gasteiger partial charge is 0.388 e. The van der Waals surface area contributed by atoms with Crippen LogP contribution in [0.2, 0.25) is 0 Å². The number of aliphatic hydroxyl groups excluding tert-OH is 1. The summed E-state index contributed by atoms with van der Waals surface area (Å²) >= 11 is 0. The molecule has 94 valence electrons. The number of quaternary nitrogens is 1. The molecule has 1 amide bonds. The van der Waals surface area contributed by atoms with Crippen molar-refractivity contribution in [1.82, 2.24) is 0 Å². The van der Waals surface area contributed by atoms with Crippen LogP contribution < -0.4 is 10.6 Å². The average molecular weight is 237 g/mol. The lowest BCUT2D eigenvalue weighted by atomic mass is 10.1. The van der Waals surface area contributed by atoms with Crippen LogP contribution in [-0.4, -0.2) is 30.2 Å². The van der Waals surface area contributed by atoms with Crippen molar-refractivity contribution in [3.63, 3.8) is 0 Å². The van der Waals surface area contributed by atoms with E-state index in [1.54, 1.807) is 12.2 Å². The highest BCUT2D eigenvalue weighted by atomic mass is 16.3. The van der Waals surface area contributed by atoms with Gasteiger partial charge in [0.1, 0.15) is 6.54 Å². The van der Waals surface area contributed by atoms with Gasteiger partial charge in [-0.05, 0) is 31.0 Å². The number of hydrogen-bond acceptors (Lipinski definition) is 2. The van der Waals surface area contributed by atoms with Crippen LogP contribution in [0.5, 0.6) is 0 Å². The molecule has 1 aromatic rings. The third kappa shape index (κ3) is 5.47. The number of amides is 1. The van der Waals surface area contributed by atoms with E-state index in [9.17, 15) is 4.79 Å². The SMILES string of the molecule is CCc1ccc(NC(=O)C[NH2+]C[C@H](C)O)cc1. The van der Waals surface area contributed by atoms with Crippen LogP contribution in [0.15, 0.2) is 24.3 Å². The number of aliphatic hydroxyl groups is 1. The first-order valence-corrected chi connectivity index (χ1v) is 6.00. The highest BCUT2D eigenvalue weighted by molar-refractivity contribution is 5.91. The van der Waals surface area contributed by atoms with Gasteiger partial charge in [0.05, 0.1) is 6.10 Å². The van der Waals surface area contributed by atoms with Gasteiger partial charge in [-0.25, -0.2) is 0 Å². The Morgan fingerprint density at radius 1 is 1.41 bits per heavy atom. The van der Waals surface area contributed by atoms with Gasteiger partial charge >= 0.3 is 0 Å². The van der Waals surface area contributed by atoms with Gasteiger partial charge in [-0.2, -0.15) is 0 Å². The maximum Gasteiger partial charge on any atom is 0.279 e. The van der Waals surface area contributed by atoms with E-state index in [0.29, 0.717) is 13.1 Å². The molecule has 0 aliphatic carbocycles. The zero-order chi connectivity index (χ0) is 12.7. The van der Waals surface area contributed by atoms with E-state index in [2.05, 4.69) is 12.2 Å². The third-order valence-corrected chi connectivity index (χ3v) is 2.48. The molecule has 1 atom stereocenters. The molecule has 1 rings (SSSR count). The fourth-order valence-electron chi connectivity index (χ4n) is 1.49. The van der Waals surface area contributed by atoms with Crippen molar-refractivity contribution < 1.29 is 15.2 Å². The van der Waals surface area contributed by atoms with Crippen LogP contribution in [0, 0.1) is 0 Å². The first-order chi connectivity index (χ1) is 8.11. The number of carbonyl (C=O) groups excluding carboxylic acids is 1. The molecule has 0 heterocycles. The number of aryl methyl sites for hydroxylation is 1. The highest BCUT2D eigenvalue weighted by Crippen LogP contribution is 2.09. The highest BCUT2D eigenvalue weighted by Gasteiger charge is 2.05. The van der Waals surface area contributed by atoms with Crippen LogP contribution in [0.25, 0.3) is 0 Å². The molecule has 4 nitrogen and oxygen atoms in total. The van der Waals surface area contributed by atoms with E-state index in [4.69, 9.17) is 5.11 Å². The van der Waals surface area contributed by atoms with Gasteiger partial charge in [-0.1, -0.05) is 19.1 Å². The number of benzene rings is 1. The Balaban J connectivity index is 2.34. The molecular formula is C13H21N2O2+. The third-order valence-electron chi connectivity index (χ3n) is 2.48.